The molecule has 0 aliphatic heterocycles. The van der Waals surface area contributed by atoms with Crippen molar-refractivity contribution in [1.29, 1.82) is 0 Å². The van der Waals surface area contributed by atoms with Crippen molar-refractivity contribution in [2.75, 3.05) is 0 Å². The second kappa shape index (κ2) is 5.70. The van der Waals surface area contributed by atoms with Crippen LogP contribution >= 0.6 is 23.4 Å². The molecule has 1 aromatic carbocycles. The third kappa shape index (κ3) is 3.22. The molecule has 2 rings (SSSR count). The highest BCUT2D eigenvalue weighted by molar-refractivity contribution is 7.99. The summed E-state index contributed by atoms with van der Waals surface area (Å²) in [7, 11) is 0. The molecule has 0 aliphatic carbocycles. The summed E-state index contributed by atoms with van der Waals surface area (Å²) in [5.41, 5.74) is 0.773. The average Bonchev–Trinajstić information content (AvgIpc) is 2.35. The van der Waals surface area contributed by atoms with Crippen molar-refractivity contribution in [3.05, 3.63) is 53.2 Å². The van der Waals surface area contributed by atoms with E-state index in [9.17, 15) is 0 Å². The topological polar surface area (TPSA) is 45.5 Å². The van der Waals surface area contributed by atoms with Gasteiger partial charge in [-0.3, -0.25) is 0 Å². The zero-order valence-electron chi connectivity index (χ0n) is 8.75. The van der Waals surface area contributed by atoms with Crippen molar-refractivity contribution < 1.29 is 5.21 Å². The third-order valence-electron chi connectivity index (χ3n) is 2.03. The summed E-state index contributed by atoms with van der Waals surface area (Å²) in [6, 6.07) is 11.1. The normalized spacial score (nSPS) is 10.9. The van der Waals surface area contributed by atoms with E-state index in [-0.39, 0.29) is 0 Å². The van der Waals surface area contributed by atoms with E-state index in [1.807, 2.05) is 30.3 Å². The lowest BCUT2D eigenvalue weighted by atomic mass is 10.3. The second-order valence-corrected chi connectivity index (χ2v) is 4.70. The largest absolute Gasteiger partial charge is 0.411 e. The van der Waals surface area contributed by atoms with Crippen molar-refractivity contribution in [2.24, 2.45) is 5.16 Å². The number of hydrogen-bond donors (Lipinski definition) is 1. The van der Waals surface area contributed by atoms with Gasteiger partial charge in [-0.25, -0.2) is 4.98 Å². The molecular weight excluding hydrogens is 256 g/mol. The van der Waals surface area contributed by atoms with Gasteiger partial charge in [0.2, 0.25) is 0 Å². The zero-order valence-corrected chi connectivity index (χ0v) is 10.3. The average molecular weight is 265 g/mol. The number of rotatable bonds is 3. The SMILES string of the molecule is ON=Cc1cccnc1Sc1ccc(Cl)cc1. The van der Waals surface area contributed by atoms with Gasteiger partial charge >= 0.3 is 0 Å². The standard InChI is InChI=1S/C12H9ClN2OS/c13-10-3-5-11(6-4-10)17-12-9(8-15-16)2-1-7-14-12/h1-8,16H. The van der Waals surface area contributed by atoms with Crippen LogP contribution in [0.2, 0.25) is 5.02 Å². The van der Waals surface area contributed by atoms with Gasteiger partial charge in [-0.2, -0.15) is 0 Å². The molecule has 0 radical (unpaired) electrons. The maximum atomic E-state index is 8.56. The van der Waals surface area contributed by atoms with Crippen LogP contribution in [0.25, 0.3) is 0 Å². The monoisotopic (exact) mass is 264 g/mol. The first kappa shape index (κ1) is 12.0. The Labute approximate surface area is 108 Å². The summed E-state index contributed by atoms with van der Waals surface area (Å²) in [5.74, 6) is 0. The molecule has 5 heteroatoms. The van der Waals surface area contributed by atoms with Gasteiger partial charge in [-0.1, -0.05) is 28.5 Å². The van der Waals surface area contributed by atoms with Crippen LogP contribution in [-0.2, 0) is 0 Å². The number of aromatic nitrogens is 1. The smallest absolute Gasteiger partial charge is 0.110 e. The highest BCUT2D eigenvalue weighted by atomic mass is 35.5. The predicted molar refractivity (Wildman–Crippen MR) is 69.2 cm³/mol. The van der Waals surface area contributed by atoms with Crippen LogP contribution in [0.15, 0.2) is 57.7 Å². The molecule has 0 aliphatic rings. The molecule has 3 nitrogen and oxygen atoms in total. The maximum Gasteiger partial charge on any atom is 0.110 e. The van der Waals surface area contributed by atoms with Gasteiger partial charge in [0.15, 0.2) is 0 Å². The highest BCUT2D eigenvalue weighted by Crippen LogP contribution is 2.28. The van der Waals surface area contributed by atoms with Crippen LogP contribution in [0, 0.1) is 0 Å². The van der Waals surface area contributed by atoms with Gasteiger partial charge in [0.05, 0.1) is 6.21 Å². The quantitative estimate of drug-likeness (QED) is 0.522. The van der Waals surface area contributed by atoms with Crippen LogP contribution in [0.1, 0.15) is 5.56 Å². The number of pyridine rings is 1. The Morgan fingerprint density at radius 2 is 2.00 bits per heavy atom. The predicted octanol–water partition coefficient (Wildman–Crippen LogP) is 3.69. The van der Waals surface area contributed by atoms with E-state index in [4.69, 9.17) is 16.8 Å². The van der Waals surface area contributed by atoms with Gasteiger partial charge in [-0.15, -0.1) is 0 Å². The number of oxime groups is 1. The van der Waals surface area contributed by atoms with Gasteiger partial charge < -0.3 is 5.21 Å². The molecule has 17 heavy (non-hydrogen) atoms. The Hall–Kier alpha value is -1.52. The van der Waals surface area contributed by atoms with E-state index < -0.39 is 0 Å². The summed E-state index contributed by atoms with van der Waals surface area (Å²) < 4.78 is 0. The Bertz CT molecular complexity index is 528. The van der Waals surface area contributed by atoms with E-state index in [2.05, 4.69) is 10.1 Å². The summed E-state index contributed by atoms with van der Waals surface area (Å²) in [4.78, 5) is 5.27. The van der Waals surface area contributed by atoms with Crippen LogP contribution in [0.4, 0.5) is 0 Å². The minimum absolute atomic E-state index is 0.701. The number of benzene rings is 1. The first-order chi connectivity index (χ1) is 8.29. The molecule has 0 amide bonds. The number of halogens is 1. The molecule has 1 N–H and O–H groups in total. The molecule has 0 saturated heterocycles. The number of nitrogens with zero attached hydrogens (tertiary/aromatic N) is 2. The molecule has 0 saturated carbocycles. The van der Waals surface area contributed by atoms with Gasteiger partial charge in [0, 0.05) is 21.7 Å². The maximum absolute atomic E-state index is 8.56. The summed E-state index contributed by atoms with van der Waals surface area (Å²) in [6.07, 6.45) is 3.07. The molecule has 0 fully saturated rings. The zero-order chi connectivity index (χ0) is 12.1. The lowest BCUT2D eigenvalue weighted by Crippen LogP contribution is -1.89. The first-order valence-corrected chi connectivity index (χ1v) is 6.05. The number of hydrogen-bond acceptors (Lipinski definition) is 4. The summed E-state index contributed by atoms with van der Waals surface area (Å²) in [5, 5.41) is 13.1. The van der Waals surface area contributed by atoms with Gasteiger partial charge in [-0.05, 0) is 36.4 Å². The Morgan fingerprint density at radius 1 is 1.24 bits per heavy atom. The molecule has 1 aromatic heterocycles. The summed E-state index contributed by atoms with van der Waals surface area (Å²) >= 11 is 7.31. The van der Waals surface area contributed by atoms with Gasteiger partial charge in [0.1, 0.15) is 5.03 Å². The molecule has 0 atom stereocenters. The van der Waals surface area contributed by atoms with Crippen molar-refractivity contribution in [1.82, 2.24) is 4.98 Å². The molecule has 86 valence electrons. The Kier molecular flexibility index (Phi) is 4.01. The third-order valence-corrected chi connectivity index (χ3v) is 3.32. The fraction of sp³-hybridized carbons (Fsp3) is 0. The second-order valence-electron chi connectivity index (χ2n) is 3.20. The Morgan fingerprint density at radius 3 is 2.71 bits per heavy atom. The molecule has 0 bridgehead atoms. The van der Waals surface area contributed by atoms with Crippen LogP contribution < -0.4 is 0 Å². The van der Waals surface area contributed by atoms with E-state index >= 15 is 0 Å². The van der Waals surface area contributed by atoms with Gasteiger partial charge in [0.25, 0.3) is 0 Å². The fourth-order valence-electron chi connectivity index (χ4n) is 1.26. The molecule has 0 unspecified atom stereocenters. The molecule has 1 heterocycles. The Balaban J connectivity index is 2.26. The van der Waals surface area contributed by atoms with E-state index in [1.54, 1.807) is 12.3 Å². The minimum Gasteiger partial charge on any atom is -0.411 e. The minimum atomic E-state index is 0.701. The van der Waals surface area contributed by atoms with Crippen LogP contribution in [0.3, 0.4) is 0 Å². The van der Waals surface area contributed by atoms with E-state index in [1.165, 1.54) is 18.0 Å². The lowest BCUT2D eigenvalue weighted by Gasteiger charge is -2.03. The molecular formula is C12H9ClN2OS. The van der Waals surface area contributed by atoms with Crippen molar-refractivity contribution >= 4 is 29.6 Å². The molecule has 0 spiro atoms. The van der Waals surface area contributed by atoms with Crippen LogP contribution in [-0.4, -0.2) is 16.4 Å². The summed E-state index contributed by atoms with van der Waals surface area (Å²) in [6.45, 7) is 0. The molecule has 2 aromatic rings. The van der Waals surface area contributed by atoms with E-state index in [0.717, 1.165) is 15.5 Å². The van der Waals surface area contributed by atoms with Crippen molar-refractivity contribution in [3.8, 4) is 0 Å². The van der Waals surface area contributed by atoms with E-state index in [0.29, 0.717) is 5.02 Å². The fourth-order valence-corrected chi connectivity index (χ4v) is 2.24. The van der Waals surface area contributed by atoms with Crippen molar-refractivity contribution in [3.63, 3.8) is 0 Å². The lowest BCUT2D eigenvalue weighted by molar-refractivity contribution is 0.321. The van der Waals surface area contributed by atoms with Crippen molar-refractivity contribution in [2.45, 2.75) is 9.92 Å². The van der Waals surface area contributed by atoms with Crippen LogP contribution in [0.5, 0.6) is 0 Å². The first-order valence-electron chi connectivity index (χ1n) is 4.85. The highest BCUT2D eigenvalue weighted by Gasteiger charge is 2.03.